The number of ether oxygens (including phenoxy) is 2. The van der Waals surface area contributed by atoms with Crippen molar-refractivity contribution in [3.63, 3.8) is 0 Å². The van der Waals surface area contributed by atoms with E-state index in [-0.39, 0.29) is 18.2 Å². The molecule has 1 unspecified atom stereocenters. The third-order valence-electron chi connectivity index (χ3n) is 4.36. The van der Waals surface area contributed by atoms with Gasteiger partial charge in [-0.2, -0.15) is 0 Å². The standard InChI is InChI=1S/C20H18ClN3O4S/c1-11-2-3-12(8-14(11)21)22-18(25)10-17-19(26)24-20(29-17)23-13-4-5-15-16(9-13)28-7-6-27-15/h2-5,8-9,17H,6-7,10H2,1H3,(H,22,25)(H,23,24,26). The summed E-state index contributed by atoms with van der Waals surface area (Å²) >= 11 is 7.31. The maximum absolute atomic E-state index is 12.3. The number of benzene rings is 2. The number of amides is 2. The van der Waals surface area contributed by atoms with Gasteiger partial charge in [0.1, 0.15) is 18.5 Å². The van der Waals surface area contributed by atoms with Crippen molar-refractivity contribution in [2.24, 2.45) is 4.99 Å². The number of carbonyl (C=O) groups excluding carboxylic acids is 2. The van der Waals surface area contributed by atoms with Gasteiger partial charge in [-0.15, -0.1) is 0 Å². The fourth-order valence-corrected chi connectivity index (χ4v) is 4.03. The Labute approximate surface area is 176 Å². The molecule has 0 bridgehead atoms. The Morgan fingerprint density at radius 3 is 2.83 bits per heavy atom. The van der Waals surface area contributed by atoms with Crippen LogP contribution in [0.2, 0.25) is 5.02 Å². The van der Waals surface area contributed by atoms with Crippen LogP contribution in [0.25, 0.3) is 0 Å². The zero-order valence-electron chi connectivity index (χ0n) is 15.5. The molecule has 0 spiro atoms. The molecule has 2 aliphatic heterocycles. The molecule has 2 aliphatic rings. The first kappa shape index (κ1) is 19.6. The Bertz CT molecular complexity index is 1010. The highest BCUT2D eigenvalue weighted by molar-refractivity contribution is 8.15. The molecular weight excluding hydrogens is 414 g/mol. The van der Waals surface area contributed by atoms with E-state index in [0.717, 1.165) is 5.56 Å². The predicted octanol–water partition coefficient (Wildman–Crippen LogP) is 3.67. The smallest absolute Gasteiger partial charge is 0.240 e. The molecule has 0 aromatic heterocycles. The molecule has 2 aromatic carbocycles. The molecule has 7 nitrogen and oxygen atoms in total. The largest absolute Gasteiger partial charge is 0.486 e. The third kappa shape index (κ3) is 4.65. The normalized spacial score (nSPS) is 19.2. The Hall–Kier alpha value is -2.71. The van der Waals surface area contributed by atoms with Crippen LogP contribution in [0.3, 0.4) is 0 Å². The van der Waals surface area contributed by atoms with E-state index in [9.17, 15) is 9.59 Å². The van der Waals surface area contributed by atoms with Gasteiger partial charge in [0.15, 0.2) is 16.7 Å². The summed E-state index contributed by atoms with van der Waals surface area (Å²) in [6, 6.07) is 10.6. The highest BCUT2D eigenvalue weighted by Gasteiger charge is 2.32. The van der Waals surface area contributed by atoms with Gasteiger partial charge in [-0.25, -0.2) is 4.99 Å². The number of hydrogen-bond donors (Lipinski definition) is 2. The van der Waals surface area contributed by atoms with Gasteiger partial charge in [-0.1, -0.05) is 29.4 Å². The minimum Gasteiger partial charge on any atom is -0.486 e. The predicted molar refractivity (Wildman–Crippen MR) is 113 cm³/mol. The van der Waals surface area contributed by atoms with Gasteiger partial charge >= 0.3 is 0 Å². The van der Waals surface area contributed by atoms with E-state index in [4.69, 9.17) is 21.1 Å². The maximum atomic E-state index is 12.3. The van der Waals surface area contributed by atoms with E-state index < -0.39 is 5.25 Å². The third-order valence-corrected chi connectivity index (χ3v) is 5.85. The van der Waals surface area contributed by atoms with Crippen molar-refractivity contribution in [3.8, 4) is 11.5 Å². The zero-order valence-corrected chi connectivity index (χ0v) is 17.1. The Kier molecular flexibility index (Phi) is 5.64. The summed E-state index contributed by atoms with van der Waals surface area (Å²) in [5, 5.41) is 5.96. The Balaban J connectivity index is 1.39. The average Bonchev–Trinajstić information content (AvgIpc) is 3.03. The number of carbonyl (C=O) groups is 2. The number of hydrogen-bond acceptors (Lipinski definition) is 6. The molecular formula is C20H18ClN3O4S. The fraction of sp³-hybridized carbons (Fsp3) is 0.250. The molecule has 2 amide bonds. The van der Waals surface area contributed by atoms with Crippen LogP contribution in [0.1, 0.15) is 12.0 Å². The molecule has 9 heteroatoms. The number of aryl methyl sites for hydroxylation is 1. The number of thioether (sulfide) groups is 1. The highest BCUT2D eigenvalue weighted by atomic mass is 35.5. The number of nitrogens with one attached hydrogen (secondary N) is 2. The van der Waals surface area contributed by atoms with Crippen LogP contribution >= 0.6 is 23.4 Å². The van der Waals surface area contributed by atoms with E-state index in [1.54, 1.807) is 30.3 Å². The summed E-state index contributed by atoms with van der Waals surface area (Å²) in [4.78, 5) is 29.0. The second kappa shape index (κ2) is 8.34. The first-order valence-electron chi connectivity index (χ1n) is 9.00. The Morgan fingerprint density at radius 1 is 1.24 bits per heavy atom. The number of nitrogens with zero attached hydrogens (tertiary/aromatic N) is 1. The number of halogens is 1. The SMILES string of the molecule is Cc1ccc(NC(=O)CC2SC(=Nc3ccc4c(c3)OCCO4)NC2=O)cc1Cl. The van der Waals surface area contributed by atoms with Crippen LogP contribution in [-0.2, 0) is 9.59 Å². The van der Waals surface area contributed by atoms with Gasteiger partial charge in [0, 0.05) is 23.2 Å². The lowest BCUT2D eigenvalue weighted by atomic mass is 10.2. The van der Waals surface area contributed by atoms with Crippen molar-refractivity contribution >= 4 is 51.7 Å². The van der Waals surface area contributed by atoms with Crippen molar-refractivity contribution in [3.05, 3.63) is 47.0 Å². The minimum atomic E-state index is -0.549. The van der Waals surface area contributed by atoms with E-state index in [1.807, 2.05) is 13.0 Å². The van der Waals surface area contributed by atoms with Crippen LogP contribution in [-0.4, -0.2) is 35.4 Å². The molecule has 150 valence electrons. The van der Waals surface area contributed by atoms with Crippen molar-refractivity contribution in [2.45, 2.75) is 18.6 Å². The van der Waals surface area contributed by atoms with Crippen LogP contribution < -0.4 is 20.1 Å². The summed E-state index contributed by atoms with van der Waals surface area (Å²) in [6.45, 7) is 2.89. The second-order valence-corrected chi connectivity index (χ2v) is 8.16. The van der Waals surface area contributed by atoms with Crippen LogP contribution in [0, 0.1) is 6.92 Å². The van der Waals surface area contributed by atoms with Crippen LogP contribution in [0.5, 0.6) is 11.5 Å². The molecule has 1 atom stereocenters. The quantitative estimate of drug-likeness (QED) is 0.771. The number of aliphatic imine (C=N–C) groups is 1. The van der Waals surface area contributed by atoms with Gasteiger partial charge in [-0.05, 0) is 36.8 Å². The van der Waals surface area contributed by atoms with Gasteiger partial charge in [0.2, 0.25) is 11.8 Å². The summed E-state index contributed by atoms with van der Waals surface area (Å²) < 4.78 is 11.0. The number of fused-ring (bicyclic) bond motifs is 1. The van der Waals surface area contributed by atoms with Crippen molar-refractivity contribution in [2.75, 3.05) is 18.5 Å². The van der Waals surface area contributed by atoms with Gasteiger partial charge < -0.3 is 20.1 Å². The number of rotatable bonds is 4. The first-order valence-corrected chi connectivity index (χ1v) is 10.3. The summed E-state index contributed by atoms with van der Waals surface area (Å²) in [6.07, 6.45) is 0.0299. The van der Waals surface area contributed by atoms with E-state index >= 15 is 0 Å². The lowest BCUT2D eigenvalue weighted by Crippen LogP contribution is -2.28. The van der Waals surface area contributed by atoms with Crippen LogP contribution in [0.15, 0.2) is 41.4 Å². The molecule has 2 aromatic rings. The van der Waals surface area contributed by atoms with Crippen molar-refractivity contribution in [1.82, 2.24) is 5.32 Å². The fourth-order valence-electron chi connectivity index (χ4n) is 2.86. The Morgan fingerprint density at radius 2 is 2.03 bits per heavy atom. The summed E-state index contributed by atoms with van der Waals surface area (Å²) in [7, 11) is 0. The lowest BCUT2D eigenvalue weighted by Gasteiger charge is -2.18. The van der Waals surface area contributed by atoms with Gasteiger partial charge in [0.05, 0.1) is 5.69 Å². The first-order chi connectivity index (χ1) is 14.0. The topological polar surface area (TPSA) is 89.0 Å². The maximum Gasteiger partial charge on any atom is 0.240 e. The molecule has 1 fully saturated rings. The van der Waals surface area contributed by atoms with E-state index in [2.05, 4.69) is 15.6 Å². The second-order valence-electron chi connectivity index (χ2n) is 6.56. The summed E-state index contributed by atoms with van der Waals surface area (Å²) in [5.74, 6) is 0.788. The molecule has 4 rings (SSSR count). The number of anilines is 1. The van der Waals surface area contributed by atoms with E-state index in [1.165, 1.54) is 11.8 Å². The molecule has 29 heavy (non-hydrogen) atoms. The van der Waals surface area contributed by atoms with Gasteiger partial charge in [-0.3, -0.25) is 9.59 Å². The number of amidine groups is 1. The zero-order chi connectivity index (χ0) is 20.4. The molecule has 0 aliphatic carbocycles. The monoisotopic (exact) mass is 431 g/mol. The van der Waals surface area contributed by atoms with Crippen molar-refractivity contribution < 1.29 is 19.1 Å². The minimum absolute atomic E-state index is 0.0299. The lowest BCUT2D eigenvalue weighted by molar-refractivity contribution is -0.122. The van der Waals surface area contributed by atoms with E-state index in [0.29, 0.717) is 46.3 Å². The average molecular weight is 432 g/mol. The molecule has 2 N–H and O–H groups in total. The molecule has 1 saturated heterocycles. The highest BCUT2D eigenvalue weighted by Crippen LogP contribution is 2.34. The molecule has 0 saturated carbocycles. The molecule has 0 radical (unpaired) electrons. The van der Waals surface area contributed by atoms with Crippen LogP contribution in [0.4, 0.5) is 11.4 Å². The summed E-state index contributed by atoms with van der Waals surface area (Å²) in [5.41, 5.74) is 2.16. The van der Waals surface area contributed by atoms with Crippen molar-refractivity contribution in [1.29, 1.82) is 0 Å². The molecule has 2 heterocycles. The van der Waals surface area contributed by atoms with Gasteiger partial charge in [0.25, 0.3) is 0 Å².